The van der Waals surface area contributed by atoms with Crippen molar-refractivity contribution >= 4 is 5.97 Å². The molecule has 1 aromatic carbocycles. The van der Waals surface area contributed by atoms with Gasteiger partial charge >= 0.3 is 5.97 Å². The van der Waals surface area contributed by atoms with Crippen molar-refractivity contribution in [2.24, 2.45) is 17.3 Å². The lowest BCUT2D eigenvalue weighted by Crippen LogP contribution is -2.49. The van der Waals surface area contributed by atoms with Gasteiger partial charge in [-0.2, -0.15) is 0 Å². The maximum Gasteiger partial charge on any atom is 0.321 e. The van der Waals surface area contributed by atoms with Crippen LogP contribution in [0.4, 0.5) is 0 Å². The van der Waals surface area contributed by atoms with E-state index >= 15 is 0 Å². The van der Waals surface area contributed by atoms with Gasteiger partial charge in [0.05, 0.1) is 13.2 Å². The van der Waals surface area contributed by atoms with Crippen LogP contribution < -0.4 is 4.74 Å². The zero-order chi connectivity index (χ0) is 21.4. The van der Waals surface area contributed by atoms with Crippen LogP contribution in [0.3, 0.4) is 0 Å². The van der Waals surface area contributed by atoms with Crippen LogP contribution in [-0.2, 0) is 20.7 Å². The quantitative estimate of drug-likeness (QED) is 0.269. The molecule has 1 saturated carbocycles. The summed E-state index contributed by atoms with van der Waals surface area (Å²) in [5.74, 6) is 1.65. The monoisotopic (exact) mass is 416 g/mol. The lowest BCUT2D eigenvalue weighted by molar-refractivity contribution is -0.250. The molecule has 1 aliphatic carbocycles. The highest BCUT2D eigenvalue weighted by Gasteiger charge is 2.43. The molecule has 1 heterocycles. The average molecular weight is 417 g/mol. The summed E-state index contributed by atoms with van der Waals surface area (Å²) in [6.45, 7) is 7.08. The first kappa shape index (κ1) is 23.3. The van der Waals surface area contributed by atoms with E-state index in [4.69, 9.17) is 14.2 Å². The summed E-state index contributed by atoms with van der Waals surface area (Å²) < 4.78 is 17.7. The highest BCUT2D eigenvalue weighted by Crippen LogP contribution is 2.37. The highest BCUT2D eigenvalue weighted by molar-refractivity contribution is 5.79. The van der Waals surface area contributed by atoms with Gasteiger partial charge in [0.25, 0.3) is 0 Å². The van der Waals surface area contributed by atoms with Gasteiger partial charge in [-0.25, -0.2) is 0 Å². The smallest absolute Gasteiger partial charge is 0.321 e. The van der Waals surface area contributed by atoms with Crippen LogP contribution in [0.1, 0.15) is 84.1 Å². The fraction of sp³-hybridized carbons (Fsp3) is 0.731. The standard InChI is InChI=1S/C26H40O4/c1-4-6-7-9-21-12-16-23(17-13-21)30-25(27)26(3)18-28-24(29-19-26)22-14-10-20(8-5-2)11-15-22/h12-13,16-17,20,22,24H,4-11,14-15,18-19H2,1-3H3/t20-,22-,24?,26?. The number of hydrogen-bond acceptors (Lipinski definition) is 4. The molecule has 1 aromatic rings. The van der Waals surface area contributed by atoms with Crippen LogP contribution >= 0.6 is 0 Å². The number of hydrogen-bond donors (Lipinski definition) is 0. The maximum atomic E-state index is 12.8. The predicted octanol–water partition coefficient (Wildman–Crippen LogP) is 6.31. The van der Waals surface area contributed by atoms with E-state index in [9.17, 15) is 4.79 Å². The van der Waals surface area contributed by atoms with Crippen molar-refractivity contribution in [2.75, 3.05) is 13.2 Å². The molecule has 0 amide bonds. The molecule has 2 aliphatic rings. The van der Waals surface area contributed by atoms with Gasteiger partial charge in [0.15, 0.2) is 6.29 Å². The van der Waals surface area contributed by atoms with Gasteiger partial charge in [-0.15, -0.1) is 0 Å². The number of carbonyl (C=O) groups is 1. The summed E-state index contributed by atoms with van der Waals surface area (Å²) in [5, 5.41) is 0. The molecule has 30 heavy (non-hydrogen) atoms. The number of aryl methyl sites for hydroxylation is 1. The molecule has 0 aromatic heterocycles. The molecule has 0 unspecified atom stereocenters. The van der Waals surface area contributed by atoms with Gasteiger partial charge in [-0.1, -0.05) is 51.7 Å². The summed E-state index contributed by atoms with van der Waals surface area (Å²) in [5.41, 5.74) is 0.533. The zero-order valence-electron chi connectivity index (χ0n) is 19.2. The first-order chi connectivity index (χ1) is 14.5. The lowest BCUT2D eigenvalue weighted by atomic mass is 9.79. The van der Waals surface area contributed by atoms with Crippen molar-refractivity contribution in [3.63, 3.8) is 0 Å². The first-order valence-corrected chi connectivity index (χ1v) is 12.1. The summed E-state index contributed by atoms with van der Waals surface area (Å²) in [6.07, 6.45) is 12.1. The van der Waals surface area contributed by atoms with Gasteiger partial charge in [0, 0.05) is 5.92 Å². The summed E-state index contributed by atoms with van der Waals surface area (Å²) >= 11 is 0. The Morgan fingerprint density at radius 1 is 1.00 bits per heavy atom. The Morgan fingerprint density at radius 3 is 2.27 bits per heavy atom. The Balaban J connectivity index is 1.45. The summed E-state index contributed by atoms with van der Waals surface area (Å²) in [6, 6.07) is 7.90. The largest absolute Gasteiger partial charge is 0.426 e. The average Bonchev–Trinajstić information content (AvgIpc) is 2.76. The van der Waals surface area contributed by atoms with Gasteiger partial charge in [0.1, 0.15) is 11.2 Å². The third-order valence-electron chi connectivity index (χ3n) is 6.80. The van der Waals surface area contributed by atoms with E-state index in [1.807, 2.05) is 19.1 Å². The number of ether oxygens (including phenoxy) is 3. The molecule has 0 bridgehead atoms. The van der Waals surface area contributed by atoms with E-state index in [0.717, 1.165) is 12.3 Å². The number of benzene rings is 1. The van der Waals surface area contributed by atoms with Gasteiger partial charge in [-0.3, -0.25) is 4.79 Å². The Hall–Kier alpha value is -1.39. The van der Waals surface area contributed by atoms with Crippen LogP contribution in [0.15, 0.2) is 24.3 Å². The Bertz CT molecular complexity index is 638. The van der Waals surface area contributed by atoms with Crippen molar-refractivity contribution < 1.29 is 19.0 Å². The second-order valence-electron chi connectivity index (χ2n) is 9.61. The minimum absolute atomic E-state index is 0.171. The van der Waals surface area contributed by atoms with E-state index in [-0.39, 0.29) is 12.3 Å². The molecule has 3 rings (SSSR count). The van der Waals surface area contributed by atoms with Crippen LogP contribution in [0.2, 0.25) is 0 Å². The van der Waals surface area contributed by atoms with Gasteiger partial charge < -0.3 is 14.2 Å². The maximum absolute atomic E-state index is 12.8. The third kappa shape index (κ3) is 6.31. The number of rotatable bonds is 9. The first-order valence-electron chi connectivity index (χ1n) is 12.1. The molecule has 168 valence electrons. The van der Waals surface area contributed by atoms with Crippen molar-refractivity contribution in [1.82, 2.24) is 0 Å². The van der Waals surface area contributed by atoms with Crippen molar-refractivity contribution in [1.29, 1.82) is 0 Å². The van der Waals surface area contributed by atoms with Crippen molar-refractivity contribution in [3.8, 4) is 5.75 Å². The summed E-state index contributed by atoms with van der Waals surface area (Å²) in [4.78, 5) is 12.8. The number of esters is 1. The van der Waals surface area contributed by atoms with Crippen LogP contribution in [0, 0.1) is 17.3 Å². The van der Waals surface area contributed by atoms with Crippen molar-refractivity contribution in [2.45, 2.75) is 91.3 Å². The second kappa shape index (κ2) is 11.3. The molecule has 0 radical (unpaired) electrons. The minimum atomic E-state index is -0.754. The van der Waals surface area contributed by atoms with Crippen LogP contribution in [-0.4, -0.2) is 25.5 Å². The fourth-order valence-corrected chi connectivity index (χ4v) is 4.70. The molecule has 4 heteroatoms. The highest BCUT2D eigenvalue weighted by atomic mass is 16.7. The number of carbonyl (C=O) groups excluding carboxylic acids is 1. The van der Waals surface area contributed by atoms with E-state index in [1.165, 1.54) is 63.4 Å². The van der Waals surface area contributed by atoms with Gasteiger partial charge in [-0.05, 0) is 69.1 Å². The molecule has 2 fully saturated rings. The second-order valence-corrected chi connectivity index (χ2v) is 9.61. The molecule has 1 aliphatic heterocycles. The fourth-order valence-electron chi connectivity index (χ4n) is 4.70. The van der Waals surface area contributed by atoms with E-state index in [0.29, 0.717) is 24.9 Å². The number of unbranched alkanes of at least 4 members (excludes halogenated alkanes) is 2. The van der Waals surface area contributed by atoms with E-state index < -0.39 is 5.41 Å². The van der Waals surface area contributed by atoms with E-state index in [2.05, 4.69) is 26.0 Å². The van der Waals surface area contributed by atoms with Gasteiger partial charge in [0.2, 0.25) is 0 Å². The Kier molecular flexibility index (Phi) is 8.76. The molecular weight excluding hydrogens is 376 g/mol. The third-order valence-corrected chi connectivity index (χ3v) is 6.80. The Morgan fingerprint density at radius 2 is 1.67 bits per heavy atom. The molecule has 1 saturated heterocycles. The molecule has 0 atom stereocenters. The normalized spacial score (nSPS) is 29.5. The predicted molar refractivity (Wildman–Crippen MR) is 119 cm³/mol. The van der Waals surface area contributed by atoms with Crippen molar-refractivity contribution in [3.05, 3.63) is 29.8 Å². The zero-order valence-corrected chi connectivity index (χ0v) is 19.2. The topological polar surface area (TPSA) is 44.8 Å². The molecule has 0 N–H and O–H groups in total. The molecule has 0 spiro atoms. The molecular formula is C26H40O4. The molecule has 4 nitrogen and oxygen atoms in total. The minimum Gasteiger partial charge on any atom is -0.426 e. The van der Waals surface area contributed by atoms with Crippen LogP contribution in [0.25, 0.3) is 0 Å². The Labute approximate surface area is 182 Å². The van der Waals surface area contributed by atoms with Crippen LogP contribution in [0.5, 0.6) is 5.75 Å². The van der Waals surface area contributed by atoms with E-state index in [1.54, 1.807) is 0 Å². The SMILES string of the molecule is CCCCCc1ccc(OC(=O)C2(C)COC([C@H]3CC[C@H](CCC)CC3)OC2)cc1. The summed E-state index contributed by atoms with van der Waals surface area (Å²) in [7, 11) is 0. The lowest BCUT2D eigenvalue weighted by Gasteiger charge is -2.40.